The standard InChI is InChI=1S/C13H21N3O2/c1-9(2)13-14-11(7-12(17)15-13)16(3)8-10-5-4-6-18-10/h7,9-10H,4-6,8H2,1-3H3,(H,14,15,17). The summed E-state index contributed by atoms with van der Waals surface area (Å²) in [6, 6.07) is 1.54. The highest BCUT2D eigenvalue weighted by Gasteiger charge is 2.18. The van der Waals surface area contributed by atoms with Crippen LogP contribution in [0.2, 0.25) is 0 Å². The van der Waals surface area contributed by atoms with Gasteiger partial charge in [-0.2, -0.15) is 0 Å². The summed E-state index contributed by atoms with van der Waals surface area (Å²) in [7, 11) is 1.95. The summed E-state index contributed by atoms with van der Waals surface area (Å²) in [6.45, 7) is 5.66. The number of nitrogens with zero attached hydrogens (tertiary/aromatic N) is 2. The maximum absolute atomic E-state index is 11.6. The number of nitrogens with one attached hydrogen (secondary N) is 1. The first kappa shape index (κ1) is 13.1. The fourth-order valence-corrected chi connectivity index (χ4v) is 2.12. The van der Waals surface area contributed by atoms with Crippen LogP contribution >= 0.6 is 0 Å². The van der Waals surface area contributed by atoms with Crippen molar-refractivity contribution in [1.82, 2.24) is 9.97 Å². The molecule has 1 N–H and O–H groups in total. The van der Waals surface area contributed by atoms with Gasteiger partial charge in [0.1, 0.15) is 11.6 Å². The topological polar surface area (TPSA) is 58.2 Å². The molecule has 0 amide bonds. The normalized spacial score (nSPS) is 19.4. The van der Waals surface area contributed by atoms with Crippen molar-refractivity contribution in [1.29, 1.82) is 0 Å². The highest BCUT2D eigenvalue weighted by atomic mass is 16.5. The Bertz CT molecular complexity index is 450. The van der Waals surface area contributed by atoms with Gasteiger partial charge in [-0.25, -0.2) is 4.98 Å². The molecule has 0 radical (unpaired) electrons. The van der Waals surface area contributed by atoms with E-state index in [2.05, 4.69) is 9.97 Å². The van der Waals surface area contributed by atoms with Crippen molar-refractivity contribution in [3.63, 3.8) is 0 Å². The van der Waals surface area contributed by atoms with Crippen molar-refractivity contribution < 1.29 is 4.74 Å². The van der Waals surface area contributed by atoms with Gasteiger partial charge >= 0.3 is 0 Å². The highest BCUT2D eigenvalue weighted by molar-refractivity contribution is 5.36. The van der Waals surface area contributed by atoms with E-state index in [0.29, 0.717) is 0 Å². The number of hydrogen-bond acceptors (Lipinski definition) is 4. The molecule has 1 fully saturated rings. The molecule has 1 saturated heterocycles. The van der Waals surface area contributed by atoms with Crippen LogP contribution in [-0.2, 0) is 4.74 Å². The molecule has 5 heteroatoms. The van der Waals surface area contributed by atoms with E-state index < -0.39 is 0 Å². The van der Waals surface area contributed by atoms with E-state index in [1.165, 1.54) is 0 Å². The van der Waals surface area contributed by atoms with Crippen LogP contribution in [0.5, 0.6) is 0 Å². The molecule has 1 unspecified atom stereocenters. The van der Waals surface area contributed by atoms with Crippen LogP contribution < -0.4 is 10.5 Å². The maximum atomic E-state index is 11.6. The summed E-state index contributed by atoms with van der Waals surface area (Å²) in [6.07, 6.45) is 2.47. The third-order valence-corrected chi connectivity index (χ3v) is 3.19. The Balaban J connectivity index is 2.13. The third kappa shape index (κ3) is 3.10. The lowest BCUT2D eigenvalue weighted by Gasteiger charge is -2.22. The monoisotopic (exact) mass is 251 g/mol. The van der Waals surface area contributed by atoms with Gasteiger partial charge in [-0.05, 0) is 12.8 Å². The van der Waals surface area contributed by atoms with Gasteiger partial charge in [0.05, 0.1) is 6.10 Å². The number of rotatable bonds is 4. The fourth-order valence-electron chi connectivity index (χ4n) is 2.12. The smallest absolute Gasteiger partial charge is 0.252 e. The van der Waals surface area contributed by atoms with Gasteiger partial charge in [0.25, 0.3) is 5.56 Å². The minimum atomic E-state index is -0.0945. The molecule has 18 heavy (non-hydrogen) atoms. The zero-order valence-electron chi connectivity index (χ0n) is 11.3. The largest absolute Gasteiger partial charge is 0.376 e. The van der Waals surface area contributed by atoms with Crippen molar-refractivity contribution >= 4 is 5.82 Å². The second-order valence-corrected chi connectivity index (χ2v) is 5.16. The van der Waals surface area contributed by atoms with Gasteiger partial charge in [-0.1, -0.05) is 13.8 Å². The van der Waals surface area contributed by atoms with E-state index in [1.54, 1.807) is 6.07 Å². The van der Waals surface area contributed by atoms with Crippen LogP contribution in [0.15, 0.2) is 10.9 Å². The zero-order chi connectivity index (χ0) is 13.1. The number of aromatic nitrogens is 2. The lowest BCUT2D eigenvalue weighted by atomic mass is 10.2. The molecular formula is C13H21N3O2. The molecule has 0 aliphatic carbocycles. The molecular weight excluding hydrogens is 230 g/mol. The molecule has 5 nitrogen and oxygen atoms in total. The SMILES string of the molecule is CC(C)c1nc(N(C)CC2CCCO2)cc(=O)[nH]1. The van der Waals surface area contributed by atoms with Crippen LogP contribution in [0, 0.1) is 0 Å². The average Bonchev–Trinajstić information content (AvgIpc) is 2.80. The molecule has 1 aromatic rings. The molecule has 1 atom stereocenters. The molecule has 2 rings (SSSR count). The zero-order valence-corrected chi connectivity index (χ0v) is 11.3. The van der Waals surface area contributed by atoms with Gasteiger partial charge in [0.15, 0.2) is 0 Å². The van der Waals surface area contributed by atoms with Crippen LogP contribution in [-0.4, -0.2) is 36.3 Å². The minimum Gasteiger partial charge on any atom is -0.376 e. The van der Waals surface area contributed by atoms with E-state index >= 15 is 0 Å². The Hall–Kier alpha value is -1.36. The molecule has 2 heterocycles. The van der Waals surface area contributed by atoms with Crippen molar-refractivity contribution in [2.24, 2.45) is 0 Å². The molecule has 0 aromatic carbocycles. The van der Waals surface area contributed by atoms with Gasteiger partial charge in [-0.15, -0.1) is 0 Å². The van der Waals surface area contributed by atoms with Crippen molar-refractivity contribution in [3.05, 3.63) is 22.2 Å². The fraction of sp³-hybridized carbons (Fsp3) is 0.692. The number of likely N-dealkylation sites (N-methyl/N-ethyl adjacent to an activating group) is 1. The highest BCUT2D eigenvalue weighted by Crippen LogP contribution is 2.16. The molecule has 1 aliphatic rings. The first-order valence-electron chi connectivity index (χ1n) is 6.50. The van der Waals surface area contributed by atoms with E-state index in [1.807, 2.05) is 25.8 Å². The van der Waals surface area contributed by atoms with Gasteiger partial charge in [0.2, 0.25) is 0 Å². The summed E-state index contributed by atoms with van der Waals surface area (Å²) < 4.78 is 5.60. The Kier molecular flexibility index (Phi) is 4.01. The quantitative estimate of drug-likeness (QED) is 0.881. The lowest BCUT2D eigenvalue weighted by Crippen LogP contribution is -2.30. The summed E-state index contributed by atoms with van der Waals surface area (Å²) in [4.78, 5) is 20.9. The number of ether oxygens (including phenoxy) is 1. The summed E-state index contributed by atoms with van der Waals surface area (Å²) in [5, 5.41) is 0. The van der Waals surface area contributed by atoms with Crippen LogP contribution in [0.4, 0.5) is 5.82 Å². The predicted molar refractivity (Wildman–Crippen MR) is 71.2 cm³/mol. The van der Waals surface area contributed by atoms with Crippen molar-refractivity contribution in [2.75, 3.05) is 25.1 Å². The molecule has 0 spiro atoms. The van der Waals surface area contributed by atoms with E-state index in [9.17, 15) is 4.79 Å². The van der Waals surface area contributed by atoms with E-state index in [-0.39, 0.29) is 17.6 Å². The van der Waals surface area contributed by atoms with Crippen molar-refractivity contribution in [2.45, 2.75) is 38.7 Å². The molecule has 100 valence electrons. The molecule has 1 aromatic heterocycles. The number of aromatic amines is 1. The maximum Gasteiger partial charge on any atom is 0.252 e. The Morgan fingerprint density at radius 2 is 2.39 bits per heavy atom. The molecule has 1 aliphatic heterocycles. The summed E-state index contributed by atoms with van der Waals surface area (Å²) in [5.41, 5.74) is -0.0945. The Morgan fingerprint density at radius 1 is 1.61 bits per heavy atom. The second-order valence-electron chi connectivity index (χ2n) is 5.16. The van der Waals surface area contributed by atoms with Crippen LogP contribution in [0.25, 0.3) is 0 Å². The van der Waals surface area contributed by atoms with E-state index in [4.69, 9.17) is 4.74 Å². The molecule has 0 bridgehead atoms. The predicted octanol–water partition coefficient (Wildman–Crippen LogP) is 1.51. The van der Waals surface area contributed by atoms with Crippen LogP contribution in [0.3, 0.4) is 0 Å². The van der Waals surface area contributed by atoms with E-state index in [0.717, 1.165) is 37.6 Å². The van der Waals surface area contributed by atoms with Gasteiger partial charge in [0, 0.05) is 32.2 Å². The Morgan fingerprint density at radius 3 is 3.00 bits per heavy atom. The average molecular weight is 251 g/mol. The summed E-state index contributed by atoms with van der Waals surface area (Å²) >= 11 is 0. The minimum absolute atomic E-state index is 0.0945. The third-order valence-electron chi connectivity index (χ3n) is 3.19. The second kappa shape index (κ2) is 5.52. The number of hydrogen-bond donors (Lipinski definition) is 1. The van der Waals surface area contributed by atoms with Gasteiger partial charge < -0.3 is 14.6 Å². The lowest BCUT2D eigenvalue weighted by molar-refractivity contribution is 0.116. The first-order chi connectivity index (χ1) is 8.56. The summed E-state index contributed by atoms with van der Waals surface area (Å²) in [5.74, 6) is 1.67. The van der Waals surface area contributed by atoms with Crippen molar-refractivity contribution in [3.8, 4) is 0 Å². The van der Waals surface area contributed by atoms with Gasteiger partial charge in [-0.3, -0.25) is 4.79 Å². The Labute approximate surface area is 107 Å². The van der Waals surface area contributed by atoms with Crippen LogP contribution in [0.1, 0.15) is 38.4 Å². The first-order valence-corrected chi connectivity index (χ1v) is 6.50. The molecule has 0 saturated carbocycles. The number of anilines is 1. The number of H-pyrrole nitrogens is 1.